The minimum Gasteiger partial charge on any atom is -0.507 e. The molecule has 7 aliphatic rings. The first-order valence-electron chi connectivity index (χ1n) is 16.4. The summed E-state index contributed by atoms with van der Waals surface area (Å²) >= 11 is 0. The summed E-state index contributed by atoms with van der Waals surface area (Å²) in [7, 11) is 0. The van der Waals surface area contributed by atoms with Gasteiger partial charge in [0.2, 0.25) is 0 Å². The fourth-order valence-corrected chi connectivity index (χ4v) is 8.57. The lowest BCUT2D eigenvalue weighted by Gasteiger charge is -2.57. The van der Waals surface area contributed by atoms with Gasteiger partial charge in [0.1, 0.15) is 17.1 Å². The summed E-state index contributed by atoms with van der Waals surface area (Å²) in [5.41, 5.74) is -0.899. The van der Waals surface area contributed by atoms with Gasteiger partial charge in [-0.25, -0.2) is 4.79 Å². The number of allylic oxidation sites excluding steroid dienone is 6. The monoisotopic (exact) mass is 630 g/mol. The number of Topliss-reactive ketones (excluding diaryl/α,β-unsaturated/α-hetero) is 2. The molecule has 7 rings (SSSR count). The molecule has 8 nitrogen and oxygen atoms in total. The molecule has 8 heteroatoms. The highest BCUT2D eigenvalue weighted by Gasteiger charge is 2.81. The molecule has 246 valence electrons. The van der Waals surface area contributed by atoms with E-state index in [-0.39, 0.29) is 46.6 Å². The number of hydrogen-bond acceptors (Lipinski definition) is 7. The molecule has 1 spiro atoms. The maximum absolute atomic E-state index is 14.3. The Morgan fingerprint density at radius 3 is 2.39 bits per heavy atom. The quantitative estimate of drug-likeness (QED) is 0.218. The summed E-state index contributed by atoms with van der Waals surface area (Å²) < 4.78 is 20.8. The molecular formula is C38H46O8. The van der Waals surface area contributed by atoms with Crippen molar-refractivity contribution < 1.29 is 38.8 Å². The zero-order valence-corrected chi connectivity index (χ0v) is 28.2. The normalized spacial score (nSPS) is 36.9. The van der Waals surface area contributed by atoms with Crippen LogP contribution >= 0.6 is 0 Å². The van der Waals surface area contributed by atoms with Gasteiger partial charge in [-0.15, -0.1) is 0 Å². The lowest BCUT2D eigenvalue weighted by molar-refractivity contribution is -0.182. The van der Waals surface area contributed by atoms with Gasteiger partial charge in [-0.2, -0.15) is 0 Å². The first kappa shape index (κ1) is 32.5. The third-order valence-corrected chi connectivity index (χ3v) is 10.9. The standard InChI is InChI=1S/C38H46O8/c1-20(2)10-9-15-36(8)16-14-24-29(39)28-30(40)26-18-23-19-27-35(6,7)46-37(33(23)41,17-13-22(5)34(42)43)38(26,27)45-32(28)25(31(24)44-36)12-11-21(3)4/h10-11,13-14,16,18,23-24,27,31,40H,9,12,15,17,19H2,1-8H3,(H,42,43)/b22-13-. The number of fused-ring (bicyclic) bond motifs is 2. The van der Waals surface area contributed by atoms with Crippen LogP contribution in [0.3, 0.4) is 0 Å². The van der Waals surface area contributed by atoms with Gasteiger partial charge in [-0.1, -0.05) is 47.6 Å². The molecule has 0 amide bonds. The third-order valence-electron chi connectivity index (χ3n) is 10.9. The lowest BCUT2D eigenvalue weighted by Crippen LogP contribution is -2.70. The predicted octanol–water partition coefficient (Wildman–Crippen LogP) is 6.95. The topological polar surface area (TPSA) is 119 Å². The number of rotatable bonds is 8. The Morgan fingerprint density at radius 1 is 1.04 bits per heavy atom. The number of aliphatic carboxylic acids is 1. The zero-order valence-electron chi connectivity index (χ0n) is 28.2. The predicted molar refractivity (Wildman–Crippen MR) is 173 cm³/mol. The third kappa shape index (κ3) is 4.58. The maximum Gasteiger partial charge on any atom is 0.330 e. The highest BCUT2D eigenvalue weighted by Crippen LogP contribution is 2.69. The molecule has 0 aromatic carbocycles. The van der Waals surface area contributed by atoms with E-state index in [0.29, 0.717) is 18.4 Å². The van der Waals surface area contributed by atoms with Crippen molar-refractivity contribution in [3.8, 4) is 0 Å². The van der Waals surface area contributed by atoms with Crippen molar-refractivity contribution in [1.82, 2.24) is 0 Å². The van der Waals surface area contributed by atoms with E-state index >= 15 is 0 Å². The fourth-order valence-electron chi connectivity index (χ4n) is 8.57. The molecule has 7 unspecified atom stereocenters. The van der Waals surface area contributed by atoms with Gasteiger partial charge < -0.3 is 24.4 Å². The number of carbonyl (C=O) groups excluding carboxylic acids is 2. The molecule has 4 aliphatic carbocycles. The highest BCUT2D eigenvalue weighted by molar-refractivity contribution is 6.07. The van der Waals surface area contributed by atoms with Gasteiger partial charge in [0.25, 0.3) is 0 Å². The van der Waals surface area contributed by atoms with Crippen molar-refractivity contribution in [2.75, 3.05) is 0 Å². The van der Waals surface area contributed by atoms with Crippen LogP contribution in [0.15, 0.2) is 81.4 Å². The second-order valence-corrected chi connectivity index (χ2v) is 15.1. The molecule has 1 saturated carbocycles. The number of hydrogen-bond donors (Lipinski definition) is 2. The average molecular weight is 631 g/mol. The number of carbonyl (C=O) groups is 3. The van der Waals surface area contributed by atoms with Crippen LogP contribution in [0.4, 0.5) is 0 Å². The van der Waals surface area contributed by atoms with E-state index < -0.39 is 46.3 Å². The second-order valence-electron chi connectivity index (χ2n) is 15.1. The zero-order chi connectivity index (χ0) is 33.6. The van der Waals surface area contributed by atoms with Crippen molar-refractivity contribution in [2.45, 2.75) is 116 Å². The number of ketones is 2. The lowest BCUT2D eigenvalue weighted by atomic mass is 9.51. The number of carboxylic acid groups (broad SMARTS) is 1. The number of ether oxygens (including phenoxy) is 3. The Bertz CT molecular complexity index is 1640. The van der Waals surface area contributed by atoms with E-state index in [9.17, 15) is 24.6 Å². The van der Waals surface area contributed by atoms with E-state index in [1.54, 1.807) is 6.08 Å². The molecule has 1 saturated heterocycles. The summed E-state index contributed by atoms with van der Waals surface area (Å²) in [6.45, 7) is 15.5. The highest BCUT2D eigenvalue weighted by atomic mass is 16.6. The minimum absolute atomic E-state index is 0.0430. The van der Waals surface area contributed by atoms with Gasteiger partial charge in [0.05, 0.1) is 23.2 Å². The minimum atomic E-state index is -1.59. The smallest absolute Gasteiger partial charge is 0.330 e. The van der Waals surface area contributed by atoms with Crippen molar-refractivity contribution in [1.29, 1.82) is 0 Å². The molecule has 7 atom stereocenters. The van der Waals surface area contributed by atoms with Crippen molar-refractivity contribution in [3.05, 3.63) is 81.4 Å². The summed E-state index contributed by atoms with van der Waals surface area (Å²) in [6, 6.07) is 0. The molecular weight excluding hydrogens is 584 g/mol. The van der Waals surface area contributed by atoms with E-state index in [0.717, 1.165) is 24.0 Å². The van der Waals surface area contributed by atoms with Crippen LogP contribution in [0.5, 0.6) is 0 Å². The Morgan fingerprint density at radius 2 is 1.74 bits per heavy atom. The second kappa shape index (κ2) is 10.8. The van der Waals surface area contributed by atoms with Crippen LogP contribution in [0.1, 0.15) is 87.5 Å². The molecule has 4 bridgehead atoms. The van der Waals surface area contributed by atoms with Crippen LogP contribution in [-0.2, 0) is 28.6 Å². The fraction of sp³-hybridized carbons (Fsp3) is 0.553. The van der Waals surface area contributed by atoms with Gasteiger partial charge in [-0.05, 0) is 81.1 Å². The van der Waals surface area contributed by atoms with Gasteiger partial charge in [0.15, 0.2) is 22.8 Å². The van der Waals surface area contributed by atoms with E-state index in [1.165, 1.54) is 18.6 Å². The number of carboxylic acids is 1. The molecule has 0 aromatic heterocycles. The van der Waals surface area contributed by atoms with Crippen LogP contribution in [-0.4, -0.2) is 56.3 Å². The largest absolute Gasteiger partial charge is 0.507 e. The van der Waals surface area contributed by atoms with Crippen molar-refractivity contribution in [3.63, 3.8) is 0 Å². The molecule has 2 fully saturated rings. The Hall–Kier alpha value is -3.49. The van der Waals surface area contributed by atoms with Gasteiger partial charge in [-0.3, -0.25) is 9.59 Å². The Kier molecular flexibility index (Phi) is 7.60. The number of aliphatic hydroxyl groups is 1. The summed E-state index contributed by atoms with van der Waals surface area (Å²) in [5, 5.41) is 21.8. The van der Waals surface area contributed by atoms with Crippen LogP contribution in [0, 0.1) is 17.8 Å². The molecule has 0 aromatic rings. The number of aliphatic hydroxyl groups excluding tert-OH is 1. The molecule has 46 heavy (non-hydrogen) atoms. The molecule has 0 radical (unpaired) electrons. The summed E-state index contributed by atoms with van der Waals surface area (Å²) in [5.74, 6) is -3.05. The summed E-state index contributed by atoms with van der Waals surface area (Å²) in [6.07, 6.45) is 13.1. The molecule has 3 heterocycles. The Labute approximate surface area is 271 Å². The average Bonchev–Trinajstić information content (AvgIpc) is 3.12. The van der Waals surface area contributed by atoms with Gasteiger partial charge >= 0.3 is 5.97 Å². The first-order valence-corrected chi connectivity index (χ1v) is 16.4. The SMILES string of the molecule is CC(C)=CCCC1(C)C=CC2C(=O)C3=C(O)C4=CC5CC6C(C)(C)OC(C/C=C(/C)C(=O)O)(C5=O)C46OC3=C(CC=C(C)C)C2O1. The summed E-state index contributed by atoms with van der Waals surface area (Å²) in [4.78, 5) is 40.5. The first-order chi connectivity index (χ1) is 21.5. The van der Waals surface area contributed by atoms with Crippen molar-refractivity contribution >= 4 is 17.5 Å². The maximum atomic E-state index is 14.3. The van der Waals surface area contributed by atoms with Crippen molar-refractivity contribution in [2.24, 2.45) is 17.8 Å². The van der Waals surface area contributed by atoms with E-state index in [4.69, 9.17) is 14.2 Å². The van der Waals surface area contributed by atoms with E-state index in [2.05, 4.69) is 26.0 Å². The molecule has 3 aliphatic heterocycles. The Balaban J connectivity index is 1.56. The van der Waals surface area contributed by atoms with Crippen LogP contribution < -0.4 is 0 Å². The molecule has 2 N–H and O–H groups in total. The van der Waals surface area contributed by atoms with Crippen LogP contribution in [0.2, 0.25) is 0 Å². The van der Waals surface area contributed by atoms with Gasteiger partial charge in [0, 0.05) is 35.0 Å². The van der Waals surface area contributed by atoms with E-state index in [1.807, 2.05) is 46.8 Å². The van der Waals surface area contributed by atoms with Crippen LogP contribution in [0.25, 0.3) is 0 Å².